The zero-order chi connectivity index (χ0) is 12.3. The maximum absolute atomic E-state index is 6.00. The molecule has 2 nitrogen and oxygen atoms in total. The van der Waals surface area contributed by atoms with E-state index in [1.54, 1.807) is 11.3 Å². The van der Waals surface area contributed by atoms with Crippen molar-refractivity contribution in [3.05, 3.63) is 39.2 Å². The predicted molar refractivity (Wildman–Crippen MR) is 81.9 cm³/mol. The standard InChI is InChI=1S/C13H15ClN2S.ClH/c1-3-15-8-12-16-13(9(2)17-12)10-5-4-6-11(14)7-10;/h4-7,15H,3,8H2,1-2H3;1H. The lowest BCUT2D eigenvalue weighted by atomic mass is 10.1. The molecule has 0 saturated carbocycles. The predicted octanol–water partition coefficient (Wildman–Crippen LogP) is 4.30. The van der Waals surface area contributed by atoms with Gasteiger partial charge in [-0.05, 0) is 25.6 Å². The second-order valence-electron chi connectivity index (χ2n) is 3.80. The summed E-state index contributed by atoms with van der Waals surface area (Å²) in [6.07, 6.45) is 0. The van der Waals surface area contributed by atoms with Crippen molar-refractivity contribution in [2.75, 3.05) is 6.54 Å². The molecule has 0 amide bonds. The van der Waals surface area contributed by atoms with Crippen LogP contribution < -0.4 is 5.32 Å². The third-order valence-corrected chi connectivity index (χ3v) is 3.67. The number of thiazole rings is 1. The summed E-state index contributed by atoms with van der Waals surface area (Å²) in [4.78, 5) is 5.89. The highest BCUT2D eigenvalue weighted by molar-refractivity contribution is 7.12. The molecule has 98 valence electrons. The van der Waals surface area contributed by atoms with Gasteiger partial charge in [-0.25, -0.2) is 4.98 Å². The smallest absolute Gasteiger partial charge is 0.107 e. The van der Waals surface area contributed by atoms with Crippen molar-refractivity contribution in [1.29, 1.82) is 0 Å². The summed E-state index contributed by atoms with van der Waals surface area (Å²) in [6.45, 7) is 6.00. The average Bonchev–Trinajstić information content (AvgIpc) is 2.68. The highest BCUT2D eigenvalue weighted by Crippen LogP contribution is 2.28. The van der Waals surface area contributed by atoms with Crippen LogP contribution in [0.1, 0.15) is 16.8 Å². The van der Waals surface area contributed by atoms with E-state index in [9.17, 15) is 0 Å². The van der Waals surface area contributed by atoms with Crippen LogP contribution in [-0.4, -0.2) is 11.5 Å². The number of hydrogen-bond donors (Lipinski definition) is 1. The molecule has 0 spiro atoms. The van der Waals surface area contributed by atoms with Gasteiger partial charge in [0.25, 0.3) is 0 Å². The van der Waals surface area contributed by atoms with Gasteiger partial charge in [-0.3, -0.25) is 0 Å². The van der Waals surface area contributed by atoms with E-state index < -0.39 is 0 Å². The van der Waals surface area contributed by atoms with E-state index in [1.165, 1.54) is 4.88 Å². The lowest BCUT2D eigenvalue weighted by Crippen LogP contribution is -2.11. The van der Waals surface area contributed by atoms with Crippen LogP contribution in [0, 0.1) is 6.92 Å². The van der Waals surface area contributed by atoms with Gasteiger partial charge in [-0.1, -0.05) is 30.7 Å². The largest absolute Gasteiger partial charge is 0.311 e. The van der Waals surface area contributed by atoms with E-state index in [1.807, 2.05) is 24.3 Å². The second kappa shape index (κ2) is 7.10. The molecule has 18 heavy (non-hydrogen) atoms. The summed E-state index contributed by atoms with van der Waals surface area (Å²) in [5.41, 5.74) is 2.14. The first-order valence-corrected chi connectivity index (χ1v) is 6.83. The summed E-state index contributed by atoms with van der Waals surface area (Å²) in [5.74, 6) is 0. The van der Waals surface area contributed by atoms with Gasteiger partial charge in [0.1, 0.15) is 5.01 Å². The molecule has 2 rings (SSSR count). The van der Waals surface area contributed by atoms with Gasteiger partial charge in [0.2, 0.25) is 0 Å². The zero-order valence-electron chi connectivity index (χ0n) is 10.4. The van der Waals surface area contributed by atoms with Crippen molar-refractivity contribution in [3.63, 3.8) is 0 Å². The molecular weight excluding hydrogens is 287 g/mol. The fourth-order valence-corrected chi connectivity index (χ4v) is 2.78. The highest BCUT2D eigenvalue weighted by Gasteiger charge is 2.09. The van der Waals surface area contributed by atoms with Gasteiger partial charge in [-0.15, -0.1) is 23.7 Å². The van der Waals surface area contributed by atoms with Crippen LogP contribution in [0.25, 0.3) is 11.3 Å². The van der Waals surface area contributed by atoms with Crippen LogP contribution >= 0.6 is 35.3 Å². The number of nitrogens with one attached hydrogen (secondary N) is 1. The number of aryl methyl sites for hydroxylation is 1. The summed E-state index contributed by atoms with van der Waals surface area (Å²) in [5, 5.41) is 5.17. The van der Waals surface area contributed by atoms with Crippen LogP contribution in [-0.2, 0) is 6.54 Å². The average molecular weight is 303 g/mol. The number of nitrogens with zero attached hydrogens (tertiary/aromatic N) is 1. The van der Waals surface area contributed by atoms with Crippen molar-refractivity contribution in [2.45, 2.75) is 20.4 Å². The Bertz CT molecular complexity index is 511. The molecule has 5 heteroatoms. The minimum atomic E-state index is 0. The minimum absolute atomic E-state index is 0. The van der Waals surface area contributed by atoms with Crippen molar-refractivity contribution in [1.82, 2.24) is 10.3 Å². The first kappa shape index (κ1) is 15.4. The Morgan fingerprint density at radius 2 is 2.17 bits per heavy atom. The zero-order valence-corrected chi connectivity index (χ0v) is 12.8. The molecule has 1 heterocycles. The Balaban J connectivity index is 0.00000162. The lowest BCUT2D eigenvalue weighted by Gasteiger charge is -1.99. The van der Waals surface area contributed by atoms with Crippen LogP contribution in [0.4, 0.5) is 0 Å². The molecular formula is C13H16Cl2N2S. The first-order chi connectivity index (χ1) is 8.20. The van der Waals surface area contributed by atoms with Crippen molar-refractivity contribution in [3.8, 4) is 11.3 Å². The Morgan fingerprint density at radius 1 is 1.39 bits per heavy atom. The van der Waals surface area contributed by atoms with Crippen LogP contribution in [0.15, 0.2) is 24.3 Å². The summed E-state index contributed by atoms with van der Waals surface area (Å²) in [7, 11) is 0. The van der Waals surface area contributed by atoms with Gasteiger partial charge in [0.15, 0.2) is 0 Å². The van der Waals surface area contributed by atoms with Crippen molar-refractivity contribution in [2.24, 2.45) is 0 Å². The molecule has 0 aliphatic heterocycles. The first-order valence-electron chi connectivity index (χ1n) is 5.63. The number of aromatic nitrogens is 1. The van der Waals surface area contributed by atoms with Gasteiger partial charge in [0, 0.05) is 22.0 Å². The van der Waals surface area contributed by atoms with E-state index >= 15 is 0 Å². The molecule has 0 bridgehead atoms. The number of halogens is 2. The molecule has 1 N–H and O–H groups in total. The summed E-state index contributed by atoms with van der Waals surface area (Å²) < 4.78 is 0. The normalized spacial score (nSPS) is 10.2. The van der Waals surface area contributed by atoms with Gasteiger partial charge < -0.3 is 5.32 Å². The molecule has 0 atom stereocenters. The lowest BCUT2D eigenvalue weighted by molar-refractivity contribution is 0.723. The fraction of sp³-hybridized carbons (Fsp3) is 0.308. The Labute approximate surface area is 123 Å². The van der Waals surface area contributed by atoms with E-state index in [4.69, 9.17) is 11.6 Å². The maximum Gasteiger partial charge on any atom is 0.107 e. The maximum atomic E-state index is 6.00. The van der Waals surface area contributed by atoms with Crippen molar-refractivity contribution >= 4 is 35.3 Å². The molecule has 0 radical (unpaired) electrons. The fourth-order valence-electron chi connectivity index (χ4n) is 1.66. The molecule has 1 aromatic heterocycles. The Kier molecular flexibility index (Phi) is 6.09. The van der Waals surface area contributed by atoms with Crippen molar-refractivity contribution < 1.29 is 0 Å². The summed E-state index contributed by atoms with van der Waals surface area (Å²) in [6, 6.07) is 7.85. The highest BCUT2D eigenvalue weighted by atomic mass is 35.5. The molecule has 2 aromatic rings. The molecule has 0 saturated heterocycles. The quantitative estimate of drug-likeness (QED) is 0.910. The Hall–Kier alpha value is -0.610. The molecule has 0 unspecified atom stereocenters. The van der Waals surface area contributed by atoms with E-state index in [0.717, 1.165) is 34.4 Å². The third-order valence-electron chi connectivity index (χ3n) is 2.47. The monoisotopic (exact) mass is 302 g/mol. The van der Waals surface area contributed by atoms with Gasteiger partial charge >= 0.3 is 0 Å². The van der Waals surface area contributed by atoms with E-state index in [-0.39, 0.29) is 12.4 Å². The summed E-state index contributed by atoms with van der Waals surface area (Å²) >= 11 is 7.74. The molecule has 0 aliphatic rings. The Morgan fingerprint density at radius 3 is 2.83 bits per heavy atom. The number of benzene rings is 1. The van der Waals surface area contributed by atoms with Crippen LogP contribution in [0.5, 0.6) is 0 Å². The SMILES string of the molecule is CCNCc1nc(-c2cccc(Cl)c2)c(C)s1.Cl. The third kappa shape index (κ3) is 3.69. The second-order valence-corrected chi connectivity index (χ2v) is 5.53. The molecule has 1 aromatic carbocycles. The van der Waals surface area contributed by atoms with Crippen LogP contribution in [0.2, 0.25) is 5.02 Å². The van der Waals surface area contributed by atoms with E-state index in [2.05, 4.69) is 24.1 Å². The van der Waals surface area contributed by atoms with Gasteiger partial charge in [0.05, 0.1) is 5.69 Å². The van der Waals surface area contributed by atoms with E-state index in [0.29, 0.717) is 0 Å². The van der Waals surface area contributed by atoms with Crippen LogP contribution in [0.3, 0.4) is 0 Å². The topological polar surface area (TPSA) is 24.9 Å². The molecule has 0 aliphatic carbocycles. The number of rotatable bonds is 4. The molecule has 0 fully saturated rings. The van der Waals surface area contributed by atoms with Gasteiger partial charge in [-0.2, -0.15) is 0 Å². The minimum Gasteiger partial charge on any atom is -0.311 e. The number of hydrogen-bond acceptors (Lipinski definition) is 3.